The molecule has 1 aromatic carbocycles. The molecule has 17 heavy (non-hydrogen) atoms. The molecule has 0 bridgehead atoms. The second-order valence-corrected chi connectivity index (χ2v) is 4.86. The van der Waals surface area contributed by atoms with Gasteiger partial charge < -0.3 is 11.1 Å². The molecule has 0 heterocycles. The summed E-state index contributed by atoms with van der Waals surface area (Å²) in [6.07, 6.45) is 0. The van der Waals surface area contributed by atoms with E-state index in [1.54, 1.807) is 13.8 Å². The Morgan fingerprint density at radius 2 is 1.94 bits per heavy atom. The minimum Gasteiger partial charge on any atom is -0.322 e. The summed E-state index contributed by atoms with van der Waals surface area (Å²) < 4.78 is 26.6. The normalized spacial score (nSPS) is 12.6. The standard InChI is InChI=1S/C11H13BrF2N2O/c1-5(2)10(15)11(17)16-9-4-7(13)6(12)3-8(9)14/h3-5,10H,15H2,1-2H3,(H,16,17)/t10-/m0/s1. The molecule has 1 amide bonds. The van der Waals surface area contributed by atoms with Crippen LogP contribution in [0.5, 0.6) is 0 Å². The van der Waals surface area contributed by atoms with E-state index in [0.29, 0.717) is 0 Å². The van der Waals surface area contributed by atoms with Gasteiger partial charge in [-0.1, -0.05) is 13.8 Å². The van der Waals surface area contributed by atoms with Crippen LogP contribution in [0, 0.1) is 17.6 Å². The first-order valence-corrected chi connectivity index (χ1v) is 5.83. The van der Waals surface area contributed by atoms with Crippen molar-refractivity contribution in [3.05, 3.63) is 28.2 Å². The maximum atomic E-state index is 13.4. The van der Waals surface area contributed by atoms with Crippen molar-refractivity contribution in [3.8, 4) is 0 Å². The highest BCUT2D eigenvalue weighted by molar-refractivity contribution is 9.10. The average molecular weight is 307 g/mol. The topological polar surface area (TPSA) is 55.1 Å². The Labute approximate surface area is 107 Å². The van der Waals surface area contributed by atoms with Crippen molar-refractivity contribution in [2.24, 2.45) is 11.7 Å². The maximum Gasteiger partial charge on any atom is 0.241 e. The number of rotatable bonds is 3. The molecule has 6 heteroatoms. The molecule has 0 unspecified atom stereocenters. The summed E-state index contributed by atoms with van der Waals surface area (Å²) in [5.41, 5.74) is 5.37. The van der Waals surface area contributed by atoms with Crippen LogP contribution in [0.15, 0.2) is 16.6 Å². The quantitative estimate of drug-likeness (QED) is 0.844. The monoisotopic (exact) mass is 306 g/mol. The van der Waals surface area contributed by atoms with E-state index in [1.807, 2.05) is 0 Å². The van der Waals surface area contributed by atoms with Crippen LogP contribution in [0.25, 0.3) is 0 Å². The number of carbonyl (C=O) groups is 1. The number of carbonyl (C=O) groups excluding carboxylic acids is 1. The van der Waals surface area contributed by atoms with Gasteiger partial charge in [-0.05, 0) is 27.9 Å². The van der Waals surface area contributed by atoms with Crippen molar-refractivity contribution in [2.75, 3.05) is 5.32 Å². The van der Waals surface area contributed by atoms with E-state index < -0.39 is 23.6 Å². The predicted molar refractivity (Wildman–Crippen MR) is 65.5 cm³/mol. The van der Waals surface area contributed by atoms with Gasteiger partial charge in [0.25, 0.3) is 0 Å². The Balaban J connectivity index is 2.89. The van der Waals surface area contributed by atoms with Crippen molar-refractivity contribution in [1.82, 2.24) is 0 Å². The van der Waals surface area contributed by atoms with Crippen molar-refractivity contribution in [2.45, 2.75) is 19.9 Å². The fourth-order valence-corrected chi connectivity index (χ4v) is 1.45. The Morgan fingerprint density at radius 3 is 2.47 bits per heavy atom. The van der Waals surface area contributed by atoms with Gasteiger partial charge in [-0.3, -0.25) is 4.79 Å². The number of nitrogens with two attached hydrogens (primary N) is 1. The Morgan fingerprint density at radius 1 is 1.35 bits per heavy atom. The third-order valence-corrected chi connectivity index (χ3v) is 2.90. The Kier molecular flexibility index (Phi) is 4.59. The summed E-state index contributed by atoms with van der Waals surface area (Å²) in [5, 5.41) is 2.26. The highest BCUT2D eigenvalue weighted by Crippen LogP contribution is 2.23. The summed E-state index contributed by atoms with van der Waals surface area (Å²) in [6.45, 7) is 3.53. The largest absolute Gasteiger partial charge is 0.322 e. The third kappa shape index (κ3) is 3.47. The van der Waals surface area contributed by atoms with Crippen LogP contribution in [0.2, 0.25) is 0 Å². The molecule has 1 atom stereocenters. The highest BCUT2D eigenvalue weighted by atomic mass is 79.9. The van der Waals surface area contributed by atoms with Crippen LogP contribution in [-0.4, -0.2) is 11.9 Å². The van der Waals surface area contributed by atoms with E-state index in [9.17, 15) is 13.6 Å². The second kappa shape index (κ2) is 5.55. The Bertz CT molecular complexity index is 438. The summed E-state index contributed by atoms with van der Waals surface area (Å²) in [6, 6.07) is 1.09. The average Bonchev–Trinajstić information content (AvgIpc) is 2.24. The molecule has 0 aromatic heterocycles. The maximum absolute atomic E-state index is 13.4. The molecule has 1 rings (SSSR count). The van der Waals surface area contributed by atoms with Gasteiger partial charge in [0.2, 0.25) is 5.91 Å². The molecule has 1 aromatic rings. The van der Waals surface area contributed by atoms with Crippen molar-refractivity contribution >= 4 is 27.5 Å². The number of benzene rings is 1. The molecule has 0 aliphatic carbocycles. The van der Waals surface area contributed by atoms with Gasteiger partial charge in [-0.2, -0.15) is 0 Å². The summed E-state index contributed by atoms with van der Waals surface area (Å²) in [5.74, 6) is -2.00. The van der Waals surface area contributed by atoms with E-state index in [1.165, 1.54) is 0 Å². The minimum atomic E-state index is -0.763. The lowest BCUT2D eigenvalue weighted by Gasteiger charge is -2.15. The van der Waals surface area contributed by atoms with Gasteiger partial charge in [-0.25, -0.2) is 8.78 Å². The van der Waals surface area contributed by atoms with E-state index in [-0.39, 0.29) is 16.1 Å². The minimum absolute atomic E-state index is 0.00107. The molecule has 3 nitrogen and oxygen atoms in total. The highest BCUT2D eigenvalue weighted by Gasteiger charge is 2.19. The molecular weight excluding hydrogens is 294 g/mol. The van der Waals surface area contributed by atoms with Gasteiger partial charge in [0, 0.05) is 6.07 Å². The van der Waals surface area contributed by atoms with Gasteiger partial charge in [0.1, 0.15) is 11.6 Å². The number of hydrogen-bond acceptors (Lipinski definition) is 2. The van der Waals surface area contributed by atoms with Gasteiger partial charge in [0.05, 0.1) is 16.2 Å². The lowest BCUT2D eigenvalue weighted by Crippen LogP contribution is -2.39. The second-order valence-electron chi connectivity index (χ2n) is 4.01. The van der Waals surface area contributed by atoms with Crippen LogP contribution >= 0.6 is 15.9 Å². The zero-order chi connectivity index (χ0) is 13.2. The smallest absolute Gasteiger partial charge is 0.241 e. The fourth-order valence-electron chi connectivity index (χ4n) is 1.14. The molecule has 0 saturated carbocycles. The number of amides is 1. The number of hydrogen-bond donors (Lipinski definition) is 2. The van der Waals surface area contributed by atoms with E-state index >= 15 is 0 Å². The van der Waals surface area contributed by atoms with E-state index in [2.05, 4.69) is 21.2 Å². The zero-order valence-electron chi connectivity index (χ0n) is 9.43. The first-order valence-electron chi connectivity index (χ1n) is 5.04. The van der Waals surface area contributed by atoms with Crippen molar-refractivity contribution in [3.63, 3.8) is 0 Å². The zero-order valence-corrected chi connectivity index (χ0v) is 11.0. The Hall–Kier alpha value is -1.01. The van der Waals surface area contributed by atoms with Crippen molar-refractivity contribution in [1.29, 1.82) is 0 Å². The molecule has 0 aliphatic heterocycles. The molecule has 0 aliphatic rings. The van der Waals surface area contributed by atoms with Crippen LogP contribution < -0.4 is 11.1 Å². The molecular formula is C11H13BrF2N2O. The molecule has 0 saturated heterocycles. The van der Waals surface area contributed by atoms with Crippen LogP contribution in [0.4, 0.5) is 14.5 Å². The molecule has 94 valence electrons. The molecule has 0 radical (unpaired) electrons. The lowest BCUT2D eigenvalue weighted by molar-refractivity contribution is -0.118. The number of nitrogens with one attached hydrogen (secondary N) is 1. The number of anilines is 1. The summed E-state index contributed by atoms with van der Waals surface area (Å²) in [7, 11) is 0. The van der Waals surface area contributed by atoms with Crippen molar-refractivity contribution < 1.29 is 13.6 Å². The third-order valence-electron chi connectivity index (χ3n) is 2.29. The molecule has 0 fully saturated rings. The fraction of sp³-hybridized carbons (Fsp3) is 0.364. The SMILES string of the molecule is CC(C)[C@H](N)C(=O)Nc1cc(F)c(Br)cc1F. The van der Waals surface area contributed by atoms with E-state index in [0.717, 1.165) is 12.1 Å². The number of halogens is 3. The van der Waals surface area contributed by atoms with Gasteiger partial charge in [0.15, 0.2) is 0 Å². The van der Waals surface area contributed by atoms with Crippen LogP contribution in [-0.2, 0) is 4.79 Å². The van der Waals surface area contributed by atoms with Gasteiger partial charge in [-0.15, -0.1) is 0 Å². The summed E-state index contributed by atoms with van der Waals surface area (Å²) in [4.78, 5) is 11.6. The molecule has 0 spiro atoms. The van der Waals surface area contributed by atoms with Crippen LogP contribution in [0.3, 0.4) is 0 Å². The first kappa shape index (κ1) is 14.1. The first-order chi connectivity index (χ1) is 7.82. The predicted octanol–water partition coefficient (Wildman–Crippen LogP) is 2.65. The summed E-state index contributed by atoms with van der Waals surface area (Å²) >= 11 is 2.85. The van der Waals surface area contributed by atoms with E-state index in [4.69, 9.17) is 5.73 Å². The lowest BCUT2D eigenvalue weighted by atomic mass is 10.0. The van der Waals surface area contributed by atoms with Gasteiger partial charge >= 0.3 is 0 Å². The van der Waals surface area contributed by atoms with Crippen LogP contribution in [0.1, 0.15) is 13.8 Å². The molecule has 3 N–H and O–H groups in total.